The summed E-state index contributed by atoms with van der Waals surface area (Å²) in [7, 11) is 1.64. The number of rotatable bonds is 7. The first-order valence-corrected chi connectivity index (χ1v) is 9.60. The molecule has 1 aromatic carbocycles. The normalized spacial score (nSPS) is 13.9. The van der Waals surface area contributed by atoms with Crippen molar-refractivity contribution in [2.75, 3.05) is 12.8 Å². The van der Waals surface area contributed by atoms with E-state index in [0.29, 0.717) is 16.5 Å². The van der Waals surface area contributed by atoms with Crippen LogP contribution in [0.4, 0.5) is 4.39 Å². The molecule has 0 unspecified atom stereocenters. The van der Waals surface area contributed by atoms with Crippen molar-refractivity contribution in [3.05, 3.63) is 40.4 Å². The second kappa shape index (κ2) is 7.74. The summed E-state index contributed by atoms with van der Waals surface area (Å²) < 4.78 is 15.9. The molecule has 0 spiro atoms. The lowest BCUT2D eigenvalue weighted by Gasteiger charge is -2.18. The molecule has 0 atom stereocenters. The maximum absolute atomic E-state index is 13.9. The molecule has 5 nitrogen and oxygen atoms in total. The Morgan fingerprint density at radius 1 is 1.44 bits per heavy atom. The molecule has 1 aliphatic rings. The molecule has 0 aliphatic heterocycles. The molecule has 3 rings (SSSR count). The molecular formula is C17H20ClFN4OS. The Balaban J connectivity index is 1.61. The second-order valence-corrected chi connectivity index (χ2v) is 7.45. The van der Waals surface area contributed by atoms with Gasteiger partial charge in [0.15, 0.2) is 5.16 Å². The van der Waals surface area contributed by atoms with Crippen LogP contribution in [0.5, 0.6) is 0 Å². The number of hydrogen-bond acceptors (Lipinski definition) is 4. The molecule has 134 valence electrons. The highest BCUT2D eigenvalue weighted by molar-refractivity contribution is 7.99. The first-order valence-electron chi connectivity index (χ1n) is 8.24. The van der Waals surface area contributed by atoms with Gasteiger partial charge >= 0.3 is 0 Å². The summed E-state index contributed by atoms with van der Waals surface area (Å²) in [5.74, 6) is 1.25. The third-order valence-electron chi connectivity index (χ3n) is 4.21. The van der Waals surface area contributed by atoms with Crippen molar-refractivity contribution in [2.24, 2.45) is 0 Å². The zero-order chi connectivity index (χ0) is 18.0. The van der Waals surface area contributed by atoms with Crippen molar-refractivity contribution >= 4 is 29.3 Å². The lowest BCUT2D eigenvalue weighted by Crippen LogP contribution is -2.28. The first-order chi connectivity index (χ1) is 12.0. The van der Waals surface area contributed by atoms with Gasteiger partial charge in [-0.05, 0) is 31.9 Å². The molecule has 1 aromatic heterocycles. The molecule has 0 saturated heterocycles. The highest BCUT2D eigenvalue weighted by Gasteiger charge is 2.30. The van der Waals surface area contributed by atoms with Gasteiger partial charge in [0.1, 0.15) is 11.6 Å². The standard InChI is InChI=1S/C17H20ClFN4OS/c1-3-23-16(11-7-8-11)20-21-17(23)25-10-15(24)22(2)9-12-13(18)5-4-6-14(12)19/h4-6,11H,3,7-10H2,1-2H3. The van der Waals surface area contributed by atoms with Crippen LogP contribution in [0.1, 0.15) is 37.1 Å². The van der Waals surface area contributed by atoms with Crippen molar-refractivity contribution in [1.29, 1.82) is 0 Å². The zero-order valence-electron chi connectivity index (χ0n) is 14.2. The number of aromatic nitrogens is 3. The Morgan fingerprint density at radius 3 is 2.84 bits per heavy atom. The van der Waals surface area contributed by atoms with Gasteiger partial charge in [-0.2, -0.15) is 0 Å². The highest BCUT2D eigenvalue weighted by atomic mass is 35.5. The number of carbonyl (C=O) groups is 1. The molecule has 1 heterocycles. The first kappa shape index (κ1) is 18.2. The minimum absolute atomic E-state index is 0.108. The summed E-state index contributed by atoms with van der Waals surface area (Å²) in [5, 5.41) is 9.56. The van der Waals surface area contributed by atoms with E-state index in [-0.39, 0.29) is 18.2 Å². The largest absolute Gasteiger partial charge is 0.341 e. The van der Waals surface area contributed by atoms with Crippen LogP contribution in [-0.4, -0.2) is 38.4 Å². The van der Waals surface area contributed by atoms with Gasteiger partial charge in [0, 0.05) is 36.6 Å². The van der Waals surface area contributed by atoms with Crippen LogP contribution in [0.3, 0.4) is 0 Å². The number of thioether (sulfide) groups is 1. The summed E-state index contributed by atoms with van der Waals surface area (Å²) in [6, 6.07) is 4.52. The average molecular weight is 383 g/mol. The van der Waals surface area contributed by atoms with Crippen molar-refractivity contribution in [2.45, 2.75) is 43.9 Å². The monoisotopic (exact) mass is 382 g/mol. The summed E-state index contributed by atoms with van der Waals surface area (Å²) in [4.78, 5) is 13.9. The van der Waals surface area contributed by atoms with Gasteiger partial charge in [-0.1, -0.05) is 29.4 Å². The minimum atomic E-state index is -0.403. The third-order valence-corrected chi connectivity index (χ3v) is 5.52. The van der Waals surface area contributed by atoms with Gasteiger partial charge in [0.25, 0.3) is 0 Å². The summed E-state index contributed by atoms with van der Waals surface area (Å²) >= 11 is 7.39. The smallest absolute Gasteiger partial charge is 0.233 e. The number of halogens is 2. The number of carbonyl (C=O) groups excluding carboxylic acids is 1. The van der Waals surface area contributed by atoms with Crippen molar-refractivity contribution < 1.29 is 9.18 Å². The van der Waals surface area contributed by atoms with E-state index in [1.165, 1.54) is 22.7 Å². The topological polar surface area (TPSA) is 51.0 Å². The second-order valence-electron chi connectivity index (χ2n) is 6.10. The number of nitrogens with zero attached hydrogens (tertiary/aromatic N) is 4. The van der Waals surface area contributed by atoms with Crippen molar-refractivity contribution in [3.8, 4) is 0 Å². The fourth-order valence-electron chi connectivity index (χ4n) is 2.59. The van der Waals surface area contributed by atoms with Gasteiger partial charge in [0.05, 0.1) is 5.75 Å². The Hall–Kier alpha value is -1.60. The molecule has 0 N–H and O–H groups in total. The minimum Gasteiger partial charge on any atom is -0.341 e. The number of amides is 1. The summed E-state index contributed by atoms with van der Waals surface area (Å²) in [5.41, 5.74) is 0.331. The van der Waals surface area contributed by atoms with Gasteiger partial charge in [-0.3, -0.25) is 4.79 Å². The Bertz CT molecular complexity index is 758. The lowest BCUT2D eigenvalue weighted by molar-refractivity contribution is -0.127. The van der Waals surface area contributed by atoms with Crippen LogP contribution < -0.4 is 0 Å². The van der Waals surface area contributed by atoms with E-state index >= 15 is 0 Å². The number of hydrogen-bond donors (Lipinski definition) is 0. The molecule has 1 fully saturated rings. The fourth-order valence-corrected chi connectivity index (χ4v) is 3.77. The summed E-state index contributed by atoms with van der Waals surface area (Å²) in [6.07, 6.45) is 2.32. The van der Waals surface area contributed by atoms with Crippen LogP contribution >= 0.6 is 23.4 Å². The van der Waals surface area contributed by atoms with Crippen LogP contribution in [-0.2, 0) is 17.9 Å². The zero-order valence-corrected chi connectivity index (χ0v) is 15.8. The van der Waals surface area contributed by atoms with Crippen molar-refractivity contribution in [3.63, 3.8) is 0 Å². The Kier molecular flexibility index (Phi) is 5.64. The van der Waals surface area contributed by atoms with Crippen LogP contribution in [0.2, 0.25) is 5.02 Å². The number of benzene rings is 1. The molecule has 1 amide bonds. The Labute approximate surface area is 155 Å². The van der Waals surface area contributed by atoms with Gasteiger partial charge < -0.3 is 9.47 Å². The van der Waals surface area contributed by atoms with Crippen LogP contribution in [0.25, 0.3) is 0 Å². The highest BCUT2D eigenvalue weighted by Crippen LogP contribution is 2.40. The molecule has 1 saturated carbocycles. The molecular weight excluding hydrogens is 363 g/mol. The molecule has 25 heavy (non-hydrogen) atoms. The average Bonchev–Trinajstić information content (AvgIpc) is 3.35. The molecule has 1 aliphatic carbocycles. The molecule has 0 radical (unpaired) electrons. The van der Waals surface area contributed by atoms with Gasteiger partial charge in [0.2, 0.25) is 5.91 Å². The molecule has 0 bridgehead atoms. The van der Waals surface area contributed by atoms with E-state index in [0.717, 1.165) is 30.4 Å². The van der Waals surface area contributed by atoms with E-state index in [2.05, 4.69) is 14.8 Å². The van der Waals surface area contributed by atoms with Crippen LogP contribution in [0.15, 0.2) is 23.4 Å². The van der Waals surface area contributed by atoms with Gasteiger partial charge in [-0.25, -0.2) is 4.39 Å². The van der Waals surface area contributed by atoms with E-state index in [4.69, 9.17) is 11.6 Å². The van der Waals surface area contributed by atoms with E-state index < -0.39 is 5.82 Å². The van der Waals surface area contributed by atoms with E-state index in [1.54, 1.807) is 19.2 Å². The predicted octanol–water partition coefficient (Wildman–Crippen LogP) is 3.72. The molecule has 8 heteroatoms. The van der Waals surface area contributed by atoms with Crippen LogP contribution in [0, 0.1) is 5.82 Å². The third kappa shape index (κ3) is 4.15. The maximum Gasteiger partial charge on any atom is 0.233 e. The SMILES string of the molecule is CCn1c(SCC(=O)N(C)Cc2c(F)cccc2Cl)nnc1C1CC1. The summed E-state index contributed by atoms with van der Waals surface area (Å²) in [6.45, 7) is 2.97. The Morgan fingerprint density at radius 2 is 2.20 bits per heavy atom. The maximum atomic E-state index is 13.9. The van der Waals surface area contributed by atoms with Gasteiger partial charge in [-0.15, -0.1) is 10.2 Å². The lowest BCUT2D eigenvalue weighted by atomic mass is 10.2. The fraction of sp³-hybridized carbons (Fsp3) is 0.471. The molecule has 2 aromatic rings. The predicted molar refractivity (Wildman–Crippen MR) is 96.3 cm³/mol. The quantitative estimate of drug-likeness (QED) is 0.685. The van der Waals surface area contributed by atoms with E-state index in [1.807, 2.05) is 6.92 Å². The van der Waals surface area contributed by atoms with E-state index in [9.17, 15) is 9.18 Å². The van der Waals surface area contributed by atoms with Crippen molar-refractivity contribution in [1.82, 2.24) is 19.7 Å².